The van der Waals surface area contributed by atoms with Crippen LogP contribution < -0.4 is 5.32 Å². The second-order valence-corrected chi connectivity index (χ2v) is 2.81. The van der Waals surface area contributed by atoms with Crippen molar-refractivity contribution in [1.82, 2.24) is 5.32 Å². The Balaban J connectivity index is 2.83. The highest BCUT2D eigenvalue weighted by Gasteiger charge is 2.08. The highest BCUT2D eigenvalue weighted by atomic mass is 16.1. The molecule has 0 saturated carbocycles. The largest absolute Gasteiger partial charge is 0.352 e. The molecule has 0 aliphatic rings. The SMILES string of the molecule is [CH2]CCNC(=O)c1ccccc1C=O. The topological polar surface area (TPSA) is 46.2 Å². The van der Waals surface area contributed by atoms with E-state index >= 15 is 0 Å². The van der Waals surface area contributed by atoms with Crippen LogP contribution >= 0.6 is 0 Å². The van der Waals surface area contributed by atoms with Gasteiger partial charge in [-0.3, -0.25) is 9.59 Å². The van der Waals surface area contributed by atoms with E-state index in [1.54, 1.807) is 24.3 Å². The van der Waals surface area contributed by atoms with Crippen LogP contribution in [0.2, 0.25) is 0 Å². The first-order chi connectivity index (χ1) is 6.79. The van der Waals surface area contributed by atoms with Gasteiger partial charge in [-0.1, -0.05) is 25.1 Å². The summed E-state index contributed by atoms with van der Waals surface area (Å²) in [4.78, 5) is 22.1. The van der Waals surface area contributed by atoms with Crippen LogP contribution in [0.5, 0.6) is 0 Å². The van der Waals surface area contributed by atoms with Crippen molar-refractivity contribution in [3.63, 3.8) is 0 Å². The average Bonchev–Trinajstić information content (AvgIpc) is 2.25. The Kier molecular flexibility index (Phi) is 3.85. The van der Waals surface area contributed by atoms with E-state index in [1.165, 1.54) is 0 Å². The lowest BCUT2D eigenvalue weighted by molar-refractivity contribution is 0.0948. The molecular weight excluding hydrogens is 178 g/mol. The minimum atomic E-state index is -0.226. The zero-order chi connectivity index (χ0) is 10.4. The summed E-state index contributed by atoms with van der Waals surface area (Å²) < 4.78 is 0. The molecule has 0 aliphatic heterocycles. The van der Waals surface area contributed by atoms with Gasteiger partial charge in [-0.2, -0.15) is 0 Å². The first-order valence-corrected chi connectivity index (χ1v) is 4.41. The van der Waals surface area contributed by atoms with Crippen LogP contribution in [0.4, 0.5) is 0 Å². The van der Waals surface area contributed by atoms with E-state index in [2.05, 4.69) is 12.2 Å². The molecule has 1 amide bonds. The van der Waals surface area contributed by atoms with Gasteiger partial charge in [-0.15, -0.1) is 0 Å². The maximum absolute atomic E-state index is 11.5. The van der Waals surface area contributed by atoms with Crippen LogP contribution in [0.15, 0.2) is 24.3 Å². The normalized spacial score (nSPS) is 9.50. The summed E-state index contributed by atoms with van der Waals surface area (Å²) in [5, 5.41) is 2.66. The van der Waals surface area contributed by atoms with Gasteiger partial charge >= 0.3 is 0 Å². The summed E-state index contributed by atoms with van der Waals surface area (Å²) in [6.45, 7) is 4.13. The Hall–Kier alpha value is -1.64. The molecule has 3 nitrogen and oxygen atoms in total. The van der Waals surface area contributed by atoms with E-state index in [0.29, 0.717) is 30.4 Å². The Morgan fingerprint density at radius 3 is 2.79 bits per heavy atom. The lowest BCUT2D eigenvalue weighted by atomic mass is 10.1. The summed E-state index contributed by atoms with van der Waals surface area (Å²) in [6, 6.07) is 6.70. The molecule has 73 valence electrons. The molecule has 14 heavy (non-hydrogen) atoms. The first-order valence-electron chi connectivity index (χ1n) is 4.41. The van der Waals surface area contributed by atoms with Gasteiger partial charge < -0.3 is 5.32 Å². The zero-order valence-corrected chi connectivity index (χ0v) is 7.82. The fourth-order valence-electron chi connectivity index (χ4n) is 1.10. The van der Waals surface area contributed by atoms with Crippen molar-refractivity contribution in [3.05, 3.63) is 42.3 Å². The predicted octanol–water partition coefficient (Wildman–Crippen LogP) is 1.45. The molecule has 0 heterocycles. The minimum absolute atomic E-state index is 0.226. The Bertz CT molecular complexity index is 334. The molecule has 1 aromatic rings. The molecule has 0 fully saturated rings. The van der Waals surface area contributed by atoms with Crippen LogP contribution in [0, 0.1) is 6.92 Å². The fourth-order valence-corrected chi connectivity index (χ4v) is 1.10. The highest BCUT2D eigenvalue weighted by Crippen LogP contribution is 2.05. The van der Waals surface area contributed by atoms with E-state index in [0.717, 1.165) is 0 Å². The number of amides is 1. The van der Waals surface area contributed by atoms with Gasteiger partial charge in [0.1, 0.15) is 0 Å². The molecule has 0 saturated heterocycles. The second-order valence-electron chi connectivity index (χ2n) is 2.81. The molecule has 1 rings (SSSR count). The van der Waals surface area contributed by atoms with Gasteiger partial charge in [0, 0.05) is 17.7 Å². The summed E-state index contributed by atoms with van der Waals surface area (Å²) >= 11 is 0. The molecule has 0 aromatic heterocycles. The zero-order valence-electron chi connectivity index (χ0n) is 7.82. The van der Waals surface area contributed by atoms with Gasteiger partial charge in [0.2, 0.25) is 0 Å². The molecule has 3 heteroatoms. The molecule has 1 N–H and O–H groups in total. The smallest absolute Gasteiger partial charge is 0.252 e. The Morgan fingerprint density at radius 1 is 1.43 bits per heavy atom. The predicted molar refractivity (Wildman–Crippen MR) is 54.1 cm³/mol. The van der Waals surface area contributed by atoms with Crippen molar-refractivity contribution >= 4 is 12.2 Å². The van der Waals surface area contributed by atoms with Gasteiger partial charge in [0.15, 0.2) is 6.29 Å². The van der Waals surface area contributed by atoms with Gasteiger partial charge in [0.25, 0.3) is 5.91 Å². The summed E-state index contributed by atoms with van der Waals surface area (Å²) in [5.41, 5.74) is 0.824. The third kappa shape index (κ3) is 2.42. The molecular formula is C11H12NO2. The number of aldehydes is 1. The van der Waals surface area contributed by atoms with E-state index in [9.17, 15) is 9.59 Å². The van der Waals surface area contributed by atoms with Gasteiger partial charge in [0.05, 0.1) is 0 Å². The number of nitrogens with one attached hydrogen (secondary N) is 1. The lowest BCUT2D eigenvalue weighted by Gasteiger charge is -2.04. The number of carbonyl (C=O) groups is 2. The maximum atomic E-state index is 11.5. The Labute approximate surface area is 83.1 Å². The maximum Gasteiger partial charge on any atom is 0.252 e. The molecule has 0 spiro atoms. The molecule has 1 radical (unpaired) electrons. The third-order valence-corrected chi connectivity index (χ3v) is 1.79. The van der Waals surface area contributed by atoms with Crippen LogP contribution in [-0.4, -0.2) is 18.7 Å². The van der Waals surface area contributed by atoms with Crippen molar-refractivity contribution in [2.45, 2.75) is 6.42 Å². The number of benzene rings is 1. The number of rotatable bonds is 4. The van der Waals surface area contributed by atoms with Crippen LogP contribution in [0.1, 0.15) is 27.1 Å². The van der Waals surface area contributed by atoms with Crippen molar-refractivity contribution in [3.8, 4) is 0 Å². The molecule has 0 bridgehead atoms. The van der Waals surface area contributed by atoms with E-state index in [1.807, 2.05) is 0 Å². The highest BCUT2D eigenvalue weighted by molar-refractivity contribution is 6.01. The molecule has 0 aliphatic carbocycles. The van der Waals surface area contributed by atoms with Gasteiger partial charge in [-0.25, -0.2) is 0 Å². The average molecular weight is 190 g/mol. The monoisotopic (exact) mass is 190 g/mol. The third-order valence-electron chi connectivity index (χ3n) is 1.79. The van der Waals surface area contributed by atoms with Crippen molar-refractivity contribution in [2.75, 3.05) is 6.54 Å². The van der Waals surface area contributed by atoms with Crippen molar-refractivity contribution in [2.24, 2.45) is 0 Å². The van der Waals surface area contributed by atoms with Gasteiger partial charge in [-0.05, 0) is 12.5 Å². The number of hydrogen-bond donors (Lipinski definition) is 1. The van der Waals surface area contributed by atoms with E-state index in [-0.39, 0.29) is 5.91 Å². The lowest BCUT2D eigenvalue weighted by Crippen LogP contribution is -2.25. The summed E-state index contributed by atoms with van der Waals surface area (Å²) in [6.07, 6.45) is 1.31. The van der Waals surface area contributed by atoms with Crippen LogP contribution in [0.25, 0.3) is 0 Å². The van der Waals surface area contributed by atoms with Crippen LogP contribution in [-0.2, 0) is 0 Å². The standard InChI is InChI=1S/C11H12NO2/c1-2-7-12-11(14)10-6-4-3-5-9(10)8-13/h3-6,8H,1-2,7H2,(H,12,14). The summed E-state index contributed by atoms with van der Waals surface area (Å²) in [5.74, 6) is -0.226. The molecule has 1 aromatic carbocycles. The fraction of sp³-hybridized carbons (Fsp3) is 0.182. The van der Waals surface area contributed by atoms with E-state index < -0.39 is 0 Å². The minimum Gasteiger partial charge on any atom is -0.352 e. The molecule has 0 unspecified atom stereocenters. The van der Waals surface area contributed by atoms with E-state index in [4.69, 9.17) is 0 Å². The first kappa shape index (κ1) is 10.4. The van der Waals surface area contributed by atoms with Crippen molar-refractivity contribution in [1.29, 1.82) is 0 Å². The molecule has 0 atom stereocenters. The van der Waals surface area contributed by atoms with Crippen molar-refractivity contribution < 1.29 is 9.59 Å². The Morgan fingerprint density at radius 2 is 2.14 bits per heavy atom. The quantitative estimate of drug-likeness (QED) is 0.730. The second kappa shape index (κ2) is 5.17. The summed E-state index contributed by atoms with van der Waals surface area (Å²) in [7, 11) is 0. The number of carbonyl (C=O) groups excluding carboxylic acids is 2. The van der Waals surface area contributed by atoms with Crippen LogP contribution in [0.3, 0.4) is 0 Å². The number of hydrogen-bond acceptors (Lipinski definition) is 2.